The van der Waals surface area contributed by atoms with Crippen LogP contribution >= 0.6 is 11.3 Å². The van der Waals surface area contributed by atoms with Crippen molar-refractivity contribution in [3.8, 4) is 0 Å². The van der Waals surface area contributed by atoms with Crippen LogP contribution in [0.4, 0.5) is 4.79 Å². The highest BCUT2D eigenvalue weighted by atomic mass is 32.1. The first kappa shape index (κ1) is 11.4. The molecule has 0 aromatic carbocycles. The molecule has 5 heteroatoms. The fourth-order valence-corrected chi connectivity index (χ4v) is 2.80. The van der Waals surface area contributed by atoms with E-state index < -0.39 is 6.10 Å². The number of aliphatic hydroxyl groups excluding tert-OH is 1. The number of rotatable bonds is 1. The number of aliphatic hydroxyl groups is 1. The fraction of sp³-hybridized carbons (Fsp3) is 0.545. The van der Waals surface area contributed by atoms with E-state index >= 15 is 0 Å². The number of carbonyl (C=O) groups is 1. The summed E-state index contributed by atoms with van der Waals surface area (Å²) in [6.45, 7) is 3.09. The molecule has 1 unspecified atom stereocenters. The van der Waals surface area contributed by atoms with Crippen molar-refractivity contribution in [2.45, 2.75) is 19.4 Å². The van der Waals surface area contributed by atoms with Crippen LogP contribution in [0.2, 0.25) is 0 Å². The van der Waals surface area contributed by atoms with E-state index in [0.717, 1.165) is 16.9 Å². The molecule has 1 atom stereocenters. The van der Waals surface area contributed by atoms with E-state index in [0.29, 0.717) is 19.7 Å². The quantitative estimate of drug-likeness (QED) is 0.815. The molecule has 16 heavy (non-hydrogen) atoms. The highest BCUT2D eigenvalue weighted by molar-refractivity contribution is 7.10. The lowest BCUT2D eigenvalue weighted by Crippen LogP contribution is -2.35. The van der Waals surface area contributed by atoms with Crippen LogP contribution in [0.3, 0.4) is 0 Å². The van der Waals surface area contributed by atoms with Crippen LogP contribution in [0, 0.1) is 0 Å². The minimum atomic E-state index is -0.582. The van der Waals surface area contributed by atoms with Crippen molar-refractivity contribution in [2.75, 3.05) is 19.7 Å². The first-order chi connectivity index (χ1) is 7.72. The lowest BCUT2D eigenvalue weighted by atomic mass is 10.1. The Morgan fingerprint density at radius 2 is 2.56 bits per heavy atom. The molecular weight excluding hydrogens is 226 g/mol. The van der Waals surface area contributed by atoms with Gasteiger partial charge in [-0.15, -0.1) is 11.3 Å². The maximum absolute atomic E-state index is 11.6. The zero-order chi connectivity index (χ0) is 11.5. The summed E-state index contributed by atoms with van der Waals surface area (Å²) in [5.41, 5.74) is 1.14. The van der Waals surface area contributed by atoms with Gasteiger partial charge in [0.2, 0.25) is 0 Å². The summed E-state index contributed by atoms with van der Waals surface area (Å²) in [4.78, 5) is 14.1. The van der Waals surface area contributed by atoms with E-state index in [1.54, 1.807) is 23.2 Å². The number of amides is 1. The molecular formula is C11H15NO3S. The van der Waals surface area contributed by atoms with Crippen LogP contribution in [0.1, 0.15) is 23.5 Å². The molecule has 0 aliphatic carbocycles. The fourth-order valence-electron chi connectivity index (χ4n) is 1.87. The molecule has 4 nitrogen and oxygen atoms in total. The highest BCUT2D eigenvalue weighted by Gasteiger charge is 2.25. The maximum Gasteiger partial charge on any atom is 0.409 e. The highest BCUT2D eigenvalue weighted by Crippen LogP contribution is 2.28. The largest absolute Gasteiger partial charge is 0.450 e. The van der Waals surface area contributed by atoms with Gasteiger partial charge in [0.15, 0.2) is 0 Å². The van der Waals surface area contributed by atoms with Crippen molar-refractivity contribution in [2.24, 2.45) is 0 Å². The Kier molecular flexibility index (Phi) is 3.46. The van der Waals surface area contributed by atoms with Gasteiger partial charge in [0.25, 0.3) is 0 Å². The lowest BCUT2D eigenvalue weighted by Gasteiger charge is -2.21. The van der Waals surface area contributed by atoms with E-state index in [-0.39, 0.29) is 6.09 Å². The molecule has 1 aromatic rings. The van der Waals surface area contributed by atoms with Gasteiger partial charge in [-0.05, 0) is 30.4 Å². The zero-order valence-electron chi connectivity index (χ0n) is 9.18. The van der Waals surface area contributed by atoms with Crippen LogP contribution in [0.15, 0.2) is 11.4 Å². The first-order valence-corrected chi connectivity index (χ1v) is 6.26. The third kappa shape index (κ3) is 2.20. The van der Waals surface area contributed by atoms with Crippen LogP contribution in [0.25, 0.3) is 0 Å². The third-order valence-corrected chi connectivity index (χ3v) is 3.71. The van der Waals surface area contributed by atoms with Crippen molar-refractivity contribution >= 4 is 17.4 Å². The Hall–Kier alpha value is -1.07. The van der Waals surface area contributed by atoms with Gasteiger partial charge in [-0.3, -0.25) is 0 Å². The van der Waals surface area contributed by atoms with Gasteiger partial charge in [-0.1, -0.05) is 0 Å². The van der Waals surface area contributed by atoms with Crippen molar-refractivity contribution in [1.29, 1.82) is 0 Å². The summed E-state index contributed by atoms with van der Waals surface area (Å²) in [5, 5.41) is 12.0. The van der Waals surface area contributed by atoms with E-state index in [9.17, 15) is 9.90 Å². The first-order valence-electron chi connectivity index (χ1n) is 5.38. The third-order valence-electron chi connectivity index (χ3n) is 2.65. The molecule has 2 heterocycles. The average molecular weight is 241 g/mol. The second-order valence-corrected chi connectivity index (χ2v) is 4.67. The minimum absolute atomic E-state index is 0.326. The molecule has 1 aromatic heterocycles. The van der Waals surface area contributed by atoms with Gasteiger partial charge in [-0.25, -0.2) is 4.79 Å². The van der Waals surface area contributed by atoms with Crippen molar-refractivity contribution in [3.05, 3.63) is 21.9 Å². The summed E-state index contributed by atoms with van der Waals surface area (Å²) < 4.78 is 4.94. The SMILES string of the molecule is CCOC(=O)N1CCc2ccsc2C(O)C1. The van der Waals surface area contributed by atoms with E-state index in [1.807, 2.05) is 11.4 Å². The second kappa shape index (κ2) is 4.84. The van der Waals surface area contributed by atoms with Gasteiger partial charge < -0.3 is 14.7 Å². The van der Waals surface area contributed by atoms with Gasteiger partial charge in [-0.2, -0.15) is 0 Å². The van der Waals surface area contributed by atoms with Crippen LogP contribution in [-0.4, -0.2) is 35.8 Å². The van der Waals surface area contributed by atoms with Crippen molar-refractivity contribution < 1.29 is 14.6 Å². The Labute approximate surface area is 98.4 Å². The normalized spacial score (nSPS) is 20.1. The topological polar surface area (TPSA) is 49.8 Å². The number of nitrogens with zero attached hydrogens (tertiary/aromatic N) is 1. The standard InChI is InChI=1S/C11H15NO3S/c1-2-15-11(14)12-5-3-8-4-6-16-10(8)9(13)7-12/h4,6,9,13H,2-3,5,7H2,1H3. The Balaban J connectivity index is 2.09. The van der Waals surface area contributed by atoms with E-state index in [2.05, 4.69) is 0 Å². The number of ether oxygens (including phenoxy) is 1. The molecule has 0 saturated heterocycles. The molecule has 2 rings (SSSR count). The molecule has 0 spiro atoms. The Morgan fingerprint density at radius 3 is 3.31 bits per heavy atom. The molecule has 1 N–H and O–H groups in total. The van der Waals surface area contributed by atoms with Gasteiger partial charge >= 0.3 is 6.09 Å². The summed E-state index contributed by atoms with van der Waals surface area (Å²) in [6.07, 6.45) is -0.132. The number of carbonyl (C=O) groups excluding carboxylic acids is 1. The predicted molar refractivity (Wildman–Crippen MR) is 61.6 cm³/mol. The molecule has 0 radical (unpaired) electrons. The molecule has 0 fully saturated rings. The van der Waals surface area contributed by atoms with Crippen LogP contribution < -0.4 is 0 Å². The molecule has 88 valence electrons. The monoisotopic (exact) mass is 241 g/mol. The van der Waals surface area contributed by atoms with Gasteiger partial charge in [0, 0.05) is 11.4 Å². The van der Waals surface area contributed by atoms with Crippen LogP contribution in [-0.2, 0) is 11.2 Å². The molecule has 1 aliphatic rings. The van der Waals surface area contributed by atoms with Crippen molar-refractivity contribution in [3.63, 3.8) is 0 Å². The van der Waals surface area contributed by atoms with E-state index in [4.69, 9.17) is 4.74 Å². The maximum atomic E-state index is 11.6. The van der Waals surface area contributed by atoms with Crippen molar-refractivity contribution in [1.82, 2.24) is 4.90 Å². The minimum Gasteiger partial charge on any atom is -0.450 e. The van der Waals surface area contributed by atoms with Gasteiger partial charge in [0.05, 0.1) is 13.2 Å². The molecule has 0 saturated carbocycles. The molecule has 1 aliphatic heterocycles. The molecule has 1 amide bonds. The Morgan fingerprint density at radius 1 is 1.75 bits per heavy atom. The number of thiophene rings is 1. The number of fused-ring (bicyclic) bond motifs is 1. The number of hydrogen-bond donors (Lipinski definition) is 1. The summed E-state index contributed by atoms with van der Waals surface area (Å²) in [5.74, 6) is 0. The second-order valence-electron chi connectivity index (χ2n) is 3.72. The Bertz CT molecular complexity index is 377. The summed E-state index contributed by atoms with van der Waals surface area (Å²) in [6, 6.07) is 2.01. The average Bonchev–Trinajstić information content (AvgIpc) is 2.66. The number of hydrogen-bond acceptors (Lipinski definition) is 4. The summed E-state index contributed by atoms with van der Waals surface area (Å²) >= 11 is 1.55. The van der Waals surface area contributed by atoms with Gasteiger partial charge in [0.1, 0.15) is 6.10 Å². The smallest absolute Gasteiger partial charge is 0.409 e. The van der Waals surface area contributed by atoms with Crippen LogP contribution in [0.5, 0.6) is 0 Å². The zero-order valence-corrected chi connectivity index (χ0v) is 10.00. The summed E-state index contributed by atoms with van der Waals surface area (Å²) in [7, 11) is 0. The predicted octanol–water partition coefficient (Wildman–Crippen LogP) is 1.80. The molecule has 0 bridgehead atoms. The number of β-amino-alcohol motifs (C(OH)–C–C–N with tert-alkyl or cyclic N) is 1. The lowest BCUT2D eigenvalue weighted by molar-refractivity contribution is 0.0806. The van der Waals surface area contributed by atoms with E-state index in [1.165, 1.54) is 0 Å².